The molecule has 0 unspecified atom stereocenters. The summed E-state index contributed by atoms with van der Waals surface area (Å²) in [5.74, 6) is 0.826. The van der Waals surface area contributed by atoms with Crippen molar-refractivity contribution in [2.24, 2.45) is 5.92 Å². The van der Waals surface area contributed by atoms with Crippen molar-refractivity contribution < 1.29 is 18.4 Å². The Kier molecular flexibility index (Phi) is 5.35. The van der Waals surface area contributed by atoms with E-state index in [4.69, 9.17) is 8.83 Å². The molecule has 3 heterocycles. The van der Waals surface area contributed by atoms with Crippen LogP contribution in [0.2, 0.25) is 0 Å². The predicted molar refractivity (Wildman–Crippen MR) is 109 cm³/mol. The van der Waals surface area contributed by atoms with E-state index < -0.39 is 0 Å². The zero-order chi connectivity index (χ0) is 21.1. The first kappa shape index (κ1) is 19.5. The molecule has 1 aliphatic rings. The molecule has 4 rings (SSSR count). The normalized spacial score (nSPS) is 14.3. The van der Waals surface area contributed by atoms with E-state index in [2.05, 4.69) is 16.4 Å². The lowest BCUT2D eigenvalue weighted by atomic mass is 9.95. The summed E-state index contributed by atoms with van der Waals surface area (Å²) in [5, 5.41) is 12.3. The quantitative estimate of drug-likeness (QED) is 0.642. The van der Waals surface area contributed by atoms with Crippen molar-refractivity contribution in [1.82, 2.24) is 4.98 Å². The number of oxazole rings is 1. The van der Waals surface area contributed by atoms with Gasteiger partial charge in [-0.05, 0) is 44.0 Å². The van der Waals surface area contributed by atoms with Crippen LogP contribution >= 0.6 is 0 Å². The van der Waals surface area contributed by atoms with E-state index in [1.165, 1.54) is 13.2 Å². The van der Waals surface area contributed by atoms with Crippen LogP contribution in [0, 0.1) is 17.2 Å². The van der Waals surface area contributed by atoms with Crippen molar-refractivity contribution >= 4 is 23.3 Å². The van der Waals surface area contributed by atoms with Crippen molar-refractivity contribution in [3.05, 3.63) is 53.9 Å². The summed E-state index contributed by atoms with van der Waals surface area (Å²) >= 11 is 0. The Hall–Kier alpha value is -3.86. The molecule has 2 aromatic heterocycles. The fourth-order valence-electron chi connectivity index (χ4n) is 3.51. The number of anilines is 2. The molecule has 1 aliphatic heterocycles. The Labute approximate surface area is 173 Å². The Morgan fingerprint density at radius 3 is 2.70 bits per heavy atom. The summed E-state index contributed by atoms with van der Waals surface area (Å²) in [6, 6.07) is 12.4. The molecule has 1 fully saturated rings. The summed E-state index contributed by atoms with van der Waals surface area (Å²) < 4.78 is 11.1. The van der Waals surface area contributed by atoms with Crippen molar-refractivity contribution in [2.45, 2.75) is 19.8 Å². The fourth-order valence-corrected chi connectivity index (χ4v) is 3.51. The topological polar surface area (TPSA) is 112 Å². The van der Waals surface area contributed by atoms with Gasteiger partial charge in [0.1, 0.15) is 6.07 Å². The molecule has 0 aliphatic carbocycles. The largest absolute Gasteiger partial charge is 0.459 e. The highest BCUT2D eigenvalue weighted by Crippen LogP contribution is 2.31. The monoisotopic (exact) mass is 404 g/mol. The smallest absolute Gasteiger partial charge is 0.266 e. The molecular formula is C22H20N4O4. The molecular weight excluding hydrogens is 384 g/mol. The zero-order valence-corrected chi connectivity index (χ0v) is 16.4. The van der Waals surface area contributed by atoms with Crippen LogP contribution in [0.15, 0.2) is 51.5 Å². The van der Waals surface area contributed by atoms with E-state index in [1.54, 1.807) is 36.4 Å². The number of aromatic nitrogens is 1. The first-order chi connectivity index (χ1) is 14.5. The van der Waals surface area contributed by atoms with Crippen molar-refractivity contribution in [1.29, 1.82) is 5.26 Å². The Bertz CT molecular complexity index is 1100. The third kappa shape index (κ3) is 3.96. The maximum absolute atomic E-state index is 12.7. The number of furan rings is 1. The highest BCUT2D eigenvalue weighted by molar-refractivity contribution is 5.97. The lowest BCUT2D eigenvalue weighted by molar-refractivity contribution is -0.120. The second kappa shape index (κ2) is 8.25. The predicted octanol–water partition coefficient (Wildman–Crippen LogP) is 3.86. The van der Waals surface area contributed by atoms with Crippen LogP contribution < -0.4 is 10.2 Å². The molecule has 1 aromatic carbocycles. The number of Topliss-reactive ketones (excluding diaryl/α,β-unsaturated/α-hetero) is 1. The van der Waals surface area contributed by atoms with Crippen LogP contribution in [0.5, 0.6) is 0 Å². The number of hydrogen-bond acceptors (Lipinski definition) is 7. The van der Waals surface area contributed by atoms with E-state index in [1.807, 2.05) is 4.90 Å². The summed E-state index contributed by atoms with van der Waals surface area (Å²) in [6.07, 6.45) is 2.74. The molecule has 3 aromatic rings. The molecule has 8 nitrogen and oxygen atoms in total. The van der Waals surface area contributed by atoms with Gasteiger partial charge in [-0.15, -0.1) is 0 Å². The van der Waals surface area contributed by atoms with Gasteiger partial charge in [0.05, 0.1) is 6.26 Å². The van der Waals surface area contributed by atoms with Crippen LogP contribution in [-0.2, 0) is 4.79 Å². The number of nitrogens with zero attached hydrogens (tertiary/aromatic N) is 3. The average Bonchev–Trinajstić information content (AvgIpc) is 3.43. The van der Waals surface area contributed by atoms with Gasteiger partial charge in [0, 0.05) is 30.3 Å². The highest BCUT2D eigenvalue weighted by Gasteiger charge is 2.29. The number of piperidine rings is 1. The van der Waals surface area contributed by atoms with E-state index in [0.717, 1.165) is 0 Å². The lowest BCUT2D eigenvalue weighted by Gasteiger charge is -2.31. The number of nitrogens with one attached hydrogen (secondary N) is 1. The number of benzene rings is 1. The Morgan fingerprint density at radius 1 is 1.23 bits per heavy atom. The summed E-state index contributed by atoms with van der Waals surface area (Å²) in [5.41, 5.74) is 1.37. The van der Waals surface area contributed by atoms with Gasteiger partial charge < -0.3 is 19.1 Å². The van der Waals surface area contributed by atoms with Crippen molar-refractivity contribution in [3.63, 3.8) is 0 Å². The number of amides is 1. The molecule has 1 N–H and O–H groups in total. The summed E-state index contributed by atoms with van der Waals surface area (Å²) in [7, 11) is 0. The molecule has 8 heteroatoms. The average molecular weight is 404 g/mol. The molecule has 152 valence electrons. The first-order valence-corrected chi connectivity index (χ1v) is 9.67. The SMILES string of the molecule is CC(=O)c1cccc(NC(=O)C2CCN(c3oc(-c4ccco4)nc3C#N)CC2)c1. The number of ketones is 1. The Morgan fingerprint density at radius 2 is 2.03 bits per heavy atom. The number of carbonyl (C=O) groups is 2. The van der Waals surface area contributed by atoms with Gasteiger partial charge in [0.15, 0.2) is 11.5 Å². The van der Waals surface area contributed by atoms with Crippen LogP contribution in [-0.4, -0.2) is 29.8 Å². The van der Waals surface area contributed by atoms with Crippen molar-refractivity contribution in [2.75, 3.05) is 23.3 Å². The number of nitriles is 1. The minimum atomic E-state index is -0.166. The molecule has 0 spiro atoms. The van der Waals surface area contributed by atoms with Crippen LogP contribution in [0.3, 0.4) is 0 Å². The van der Waals surface area contributed by atoms with Crippen molar-refractivity contribution in [3.8, 4) is 17.7 Å². The second-order valence-electron chi connectivity index (χ2n) is 7.15. The van der Waals surface area contributed by atoms with E-state index >= 15 is 0 Å². The molecule has 0 bridgehead atoms. The molecule has 1 amide bonds. The maximum Gasteiger partial charge on any atom is 0.266 e. The van der Waals surface area contributed by atoms with Crippen LogP contribution in [0.4, 0.5) is 11.6 Å². The summed E-state index contributed by atoms with van der Waals surface area (Å²) in [4.78, 5) is 30.3. The van der Waals surface area contributed by atoms with Gasteiger partial charge in [0.25, 0.3) is 5.89 Å². The van der Waals surface area contributed by atoms with E-state index in [-0.39, 0.29) is 29.2 Å². The zero-order valence-electron chi connectivity index (χ0n) is 16.4. The van der Waals surface area contributed by atoms with Crippen LogP contribution in [0.1, 0.15) is 35.8 Å². The van der Waals surface area contributed by atoms with Gasteiger partial charge in [-0.3, -0.25) is 9.59 Å². The molecule has 0 atom stereocenters. The summed E-state index contributed by atoms with van der Waals surface area (Å²) in [6.45, 7) is 2.62. The third-order valence-electron chi connectivity index (χ3n) is 5.14. The molecule has 0 saturated carbocycles. The fraction of sp³-hybridized carbons (Fsp3) is 0.273. The number of rotatable bonds is 5. The maximum atomic E-state index is 12.7. The highest BCUT2D eigenvalue weighted by atomic mass is 16.4. The second-order valence-corrected chi connectivity index (χ2v) is 7.15. The Balaban J connectivity index is 1.40. The molecule has 1 saturated heterocycles. The lowest BCUT2D eigenvalue weighted by Crippen LogP contribution is -2.38. The third-order valence-corrected chi connectivity index (χ3v) is 5.14. The number of hydrogen-bond donors (Lipinski definition) is 1. The standard InChI is InChI=1S/C22H20N4O4/c1-14(27)16-4-2-5-17(12-16)24-20(28)15-7-9-26(10-8-15)22-18(13-23)25-21(30-22)19-6-3-11-29-19/h2-6,11-12,15H,7-10H2,1H3,(H,24,28). The van der Waals surface area contributed by atoms with Gasteiger partial charge >= 0.3 is 0 Å². The van der Waals surface area contributed by atoms with E-state index in [0.29, 0.717) is 48.8 Å². The molecule has 0 radical (unpaired) electrons. The van der Waals surface area contributed by atoms with E-state index in [9.17, 15) is 14.9 Å². The minimum Gasteiger partial charge on any atom is -0.459 e. The van der Waals surface area contributed by atoms with Crippen LogP contribution in [0.25, 0.3) is 11.7 Å². The minimum absolute atomic E-state index is 0.0475. The number of carbonyl (C=O) groups excluding carboxylic acids is 2. The van der Waals surface area contributed by atoms with Gasteiger partial charge in [-0.1, -0.05) is 12.1 Å². The first-order valence-electron chi connectivity index (χ1n) is 9.67. The van der Waals surface area contributed by atoms with Gasteiger partial charge in [-0.2, -0.15) is 10.2 Å². The van der Waals surface area contributed by atoms with Gasteiger partial charge in [-0.25, -0.2) is 0 Å². The van der Waals surface area contributed by atoms with Gasteiger partial charge in [0.2, 0.25) is 17.5 Å². The molecule has 30 heavy (non-hydrogen) atoms.